The van der Waals surface area contributed by atoms with Gasteiger partial charge in [-0.05, 0) is 6.92 Å². The molecule has 0 aromatic rings. The molecule has 48 heteroatoms. The molecular weight excluding hydrogens is 1480 g/mol. The monoisotopic (exact) mass is 1580 g/mol. The first kappa shape index (κ1) is 88.7. The minimum atomic E-state index is -2.55. The van der Waals surface area contributed by atoms with Crippen LogP contribution in [0.3, 0.4) is 0 Å². The highest BCUT2D eigenvalue weighted by molar-refractivity contribution is 5.74. The summed E-state index contributed by atoms with van der Waals surface area (Å²) in [6, 6.07) is -5.63. The number of hydrogen-bond donors (Lipinski definition) is 28. The van der Waals surface area contributed by atoms with E-state index >= 15 is 0 Å². The summed E-state index contributed by atoms with van der Waals surface area (Å²) in [6.07, 6.45) is -85.2. The summed E-state index contributed by atoms with van der Waals surface area (Å²) in [4.78, 5) is 38.4. The van der Waals surface area contributed by atoms with Crippen LogP contribution < -0.4 is 16.0 Å². The summed E-state index contributed by atoms with van der Waals surface area (Å²) in [5.41, 5.74) is 0. The second kappa shape index (κ2) is 38.5. The molecule has 9 aliphatic heterocycles. The Balaban J connectivity index is 1.03. The third-order valence-electron chi connectivity index (χ3n) is 19.9. The van der Waals surface area contributed by atoms with Crippen LogP contribution in [-0.2, 0) is 94.9 Å². The van der Waals surface area contributed by atoms with Crippen LogP contribution in [0.5, 0.6) is 0 Å². The minimum absolute atomic E-state index is 0.823. The molecule has 108 heavy (non-hydrogen) atoms. The van der Waals surface area contributed by atoms with Crippen molar-refractivity contribution in [3.8, 4) is 0 Å². The third-order valence-corrected chi connectivity index (χ3v) is 19.9. The van der Waals surface area contributed by atoms with E-state index in [4.69, 9.17) is 80.5 Å². The van der Waals surface area contributed by atoms with E-state index in [-0.39, 0.29) is 0 Å². The molecule has 0 bridgehead atoms. The normalized spacial score (nSPS) is 50.4. The van der Waals surface area contributed by atoms with Crippen LogP contribution in [-0.4, -0.2) is 474 Å². The van der Waals surface area contributed by atoms with Crippen LogP contribution >= 0.6 is 0 Å². The van der Waals surface area contributed by atoms with Crippen molar-refractivity contribution < 1.29 is 223 Å². The first-order valence-electron chi connectivity index (χ1n) is 34.5. The van der Waals surface area contributed by atoms with Gasteiger partial charge in [-0.25, -0.2) is 0 Å². The van der Waals surface area contributed by atoms with Crippen LogP contribution in [0.4, 0.5) is 0 Å². The largest absolute Gasteiger partial charge is 0.394 e. The smallest absolute Gasteiger partial charge is 0.217 e. The SMILES string of the molecule is CC(=O)N[C@@H]1[C@@H](O)[C@H](O[C@@H]2O[C@H](CO)[C@@H](O[C@@H]3O[C@H](CO[C@H]4O[C@H](CO)[C@@H](O)[C@H](O[C@H]5O[C@H](CO)[C@@H](O)[C@H](O)[C@@H]5O)[C@@H]4O)[C@@H](O)[C@H](O[C@H]4O[C@H](CO)[C@@H](O)[C@H](O)[C@@H]4O[C@@H]4O[C@H](CO)[C@@H](O[C@@H]5O[C@H](CO)[C@H](O)[C@H](O)[C@H]5O)[C@H](O)[C@H]4NC(C)=O)[C@@H]3O)[C@H](O)[C@H]2NC(C)=O)[C@@H](CO[C@@H]2O[C@@H](C)[C@@H](O)[C@@H](O)[C@@H]2O)O[C@H]1O. The Hall–Kier alpha value is -3.27. The highest BCUT2D eigenvalue weighted by Crippen LogP contribution is 2.39. The molecule has 9 saturated heterocycles. The zero-order valence-electron chi connectivity index (χ0n) is 58.0. The number of nitrogens with one attached hydrogen (secondary N) is 3. The standard InChI is InChI=1S/C60H101N3O45/c1-13-28(73)37(82)41(86)55(94-13)93-12-24-48(34(79)25(52(91)95-24)61-14(2)70)103-53-26(62-15(3)71)35(80)47(22(10-69)100-53)105-59-45(90)50(33(78)23(102-59)11-92-56-44(89)49(32(77)20(8-67)96-56)106-58-43(88)39(84)30(75)18(6-65)98-58)107-60-51(40(85)31(76)19(7-66)99-60)108-54-27(63-16(4)72)36(81)46(21(9-68)101-54)104-57-42(87)38(83)29(74)17(5-64)97-57/h13,17-60,64-69,73-91H,5-12H2,1-4H3,(H,61,70)(H,62,71)(H,63,72)/t13-,17+,18+,19+,20+,21+,22+,23+,24+,25+,26+,27+,28+,29-,30+,31+,32+,33+,34+,35+,36+,37+,38-,39-,40-,41-,42+,43-,44-,45-,46+,47+,48+,49-,50-,51-,52+,53-,54-,55+,56-,57-,58+,59-,60+/m0/s1. The highest BCUT2D eigenvalue weighted by atomic mass is 16.8. The van der Waals surface area contributed by atoms with Crippen molar-refractivity contribution in [1.82, 2.24) is 16.0 Å². The molecule has 0 spiro atoms. The maximum absolute atomic E-state index is 13.1. The molecule has 3 amide bonds. The van der Waals surface area contributed by atoms with Gasteiger partial charge in [0.15, 0.2) is 56.6 Å². The Kier molecular flexibility index (Phi) is 31.6. The number of aliphatic hydroxyl groups excluding tert-OH is 25. The third kappa shape index (κ3) is 19.3. The molecule has 9 rings (SSSR count). The number of carbonyl (C=O) groups excluding carboxylic acids is 3. The molecule has 0 unspecified atom stereocenters. The van der Waals surface area contributed by atoms with Gasteiger partial charge in [0.1, 0.15) is 213 Å². The second-order valence-electron chi connectivity index (χ2n) is 27.5. The fraction of sp³-hybridized carbons (Fsp3) is 0.950. The van der Waals surface area contributed by atoms with Gasteiger partial charge in [-0.2, -0.15) is 0 Å². The van der Waals surface area contributed by atoms with Crippen molar-refractivity contribution in [2.45, 2.75) is 304 Å². The first-order valence-corrected chi connectivity index (χ1v) is 34.5. The number of amides is 3. The number of rotatable bonds is 27. The van der Waals surface area contributed by atoms with Crippen LogP contribution in [0.2, 0.25) is 0 Å². The van der Waals surface area contributed by atoms with Crippen molar-refractivity contribution in [3.05, 3.63) is 0 Å². The van der Waals surface area contributed by atoms with Gasteiger partial charge in [0, 0.05) is 20.8 Å². The predicted octanol–water partition coefficient (Wildman–Crippen LogP) is -19.2. The topological polar surface area (TPSA) is 750 Å². The lowest BCUT2D eigenvalue weighted by Gasteiger charge is -2.51. The molecule has 0 aromatic carbocycles. The maximum Gasteiger partial charge on any atom is 0.217 e. The molecule has 0 saturated carbocycles. The van der Waals surface area contributed by atoms with Gasteiger partial charge in [0.25, 0.3) is 0 Å². The van der Waals surface area contributed by atoms with Gasteiger partial charge >= 0.3 is 0 Å². The summed E-state index contributed by atoms with van der Waals surface area (Å²) in [5.74, 6) is -2.73. The van der Waals surface area contributed by atoms with Crippen molar-refractivity contribution in [3.63, 3.8) is 0 Å². The summed E-state index contributed by atoms with van der Waals surface area (Å²) < 4.78 is 99.6. The molecule has 45 atom stereocenters. The molecule has 9 aliphatic rings. The van der Waals surface area contributed by atoms with Gasteiger partial charge in [-0.15, -0.1) is 0 Å². The first-order chi connectivity index (χ1) is 51.0. The lowest BCUT2D eigenvalue weighted by molar-refractivity contribution is -0.398. The van der Waals surface area contributed by atoms with Crippen molar-refractivity contribution >= 4 is 17.7 Å². The lowest BCUT2D eigenvalue weighted by atomic mass is 9.93. The van der Waals surface area contributed by atoms with Crippen molar-refractivity contribution in [1.29, 1.82) is 0 Å². The molecule has 0 aromatic heterocycles. The van der Waals surface area contributed by atoms with Gasteiger partial charge in [0.05, 0.1) is 59.0 Å². The molecule has 626 valence electrons. The molecule has 9 fully saturated rings. The quantitative estimate of drug-likeness (QED) is 0.0363. The van der Waals surface area contributed by atoms with E-state index in [1.54, 1.807) is 0 Å². The molecule has 28 N–H and O–H groups in total. The molecule has 0 aliphatic carbocycles. The van der Waals surface area contributed by atoms with E-state index in [2.05, 4.69) is 16.0 Å². The predicted molar refractivity (Wildman–Crippen MR) is 330 cm³/mol. The van der Waals surface area contributed by atoms with Crippen molar-refractivity contribution in [2.75, 3.05) is 52.9 Å². The Bertz CT molecular complexity index is 2820. The summed E-state index contributed by atoms with van der Waals surface area (Å²) in [5, 5.41) is 283. The maximum atomic E-state index is 13.1. The average molecular weight is 1580 g/mol. The zero-order chi connectivity index (χ0) is 79.5. The van der Waals surface area contributed by atoms with Crippen LogP contribution in [0.1, 0.15) is 27.7 Å². The number of aliphatic hydroxyl groups is 25. The van der Waals surface area contributed by atoms with E-state index in [1.807, 2.05) is 0 Å². The molecular formula is C60H101N3O45. The second-order valence-corrected chi connectivity index (χ2v) is 27.5. The van der Waals surface area contributed by atoms with Crippen molar-refractivity contribution in [2.24, 2.45) is 0 Å². The molecule has 9 heterocycles. The molecule has 0 radical (unpaired) electrons. The van der Waals surface area contributed by atoms with E-state index in [1.165, 1.54) is 6.92 Å². The Morgan fingerprint density at radius 3 is 1.02 bits per heavy atom. The van der Waals surface area contributed by atoms with Gasteiger partial charge in [-0.1, -0.05) is 0 Å². The van der Waals surface area contributed by atoms with E-state index in [0.717, 1.165) is 20.8 Å². The fourth-order valence-electron chi connectivity index (χ4n) is 13.9. The number of hydrogen-bond acceptors (Lipinski definition) is 45. The molecule has 48 nitrogen and oxygen atoms in total. The Labute approximate surface area is 611 Å². The zero-order valence-corrected chi connectivity index (χ0v) is 58.0. The number of ether oxygens (including phenoxy) is 17. The Morgan fingerprint density at radius 1 is 0.259 bits per heavy atom. The van der Waals surface area contributed by atoms with Gasteiger partial charge in [0.2, 0.25) is 17.7 Å². The average Bonchev–Trinajstić information content (AvgIpc) is 0.768. The minimum Gasteiger partial charge on any atom is -0.394 e. The highest BCUT2D eigenvalue weighted by Gasteiger charge is 2.60. The summed E-state index contributed by atoms with van der Waals surface area (Å²) in [6.45, 7) is -4.26. The van der Waals surface area contributed by atoms with Crippen LogP contribution in [0, 0.1) is 0 Å². The summed E-state index contributed by atoms with van der Waals surface area (Å²) >= 11 is 0. The lowest BCUT2D eigenvalue weighted by Crippen LogP contribution is -2.71. The van der Waals surface area contributed by atoms with Crippen LogP contribution in [0.15, 0.2) is 0 Å². The Morgan fingerprint density at radius 2 is 0.556 bits per heavy atom. The fourth-order valence-corrected chi connectivity index (χ4v) is 13.9. The van der Waals surface area contributed by atoms with E-state index in [0.29, 0.717) is 0 Å². The van der Waals surface area contributed by atoms with E-state index < -0.39 is 347 Å². The van der Waals surface area contributed by atoms with Gasteiger partial charge < -0.3 is 224 Å². The summed E-state index contributed by atoms with van der Waals surface area (Å²) in [7, 11) is 0. The number of carbonyl (C=O) groups is 3. The van der Waals surface area contributed by atoms with E-state index in [9.17, 15) is 142 Å². The van der Waals surface area contributed by atoms with Crippen LogP contribution in [0.25, 0.3) is 0 Å². The van der Waals surface area contributed by atoms with Gasteiger partial charge in [-0.3, -0.25) is 14.4 Å².